The molecule has 2 rings (SSSR count). The molecule has 19 heavy (non-hydrogen) atoms. The predicted molar refractivity (Wildman–Crippen MR) is 74.8 cm³/mol. The number of carbonyl (C=O) groups is 1. The Labute approximate surface area is 120 Å². The maximum atomic E-state index is 12.7. The van der Waals surface area contributed by atoms with Gasteiger partial charge in [0.25, 0.3) is 0 Å². The van der Waals surface area contributed by atoms with Crippen molar-refractivity contribution in [2.45, 2.75) is 41.7 Å². The number of carboxylic acid groups (broad SMARTS) is 1. The molecule has 0 bridgehead atoms. The first-order valence-electron chi connectivity index (χ1n) is 6.14. The van der Waals surface area contributed by atoms with Gasteiger partial charge in [0.2, 0.25) is 0 Å². The van der Waals surface area contributed by atoms with Gasteiger partial charge in [0.15, 0.2) is 14.6 Å². The van der Waals surface area contributed by atoms with Crippen molar-refractivity contribution < 1.29 is 18.3 Å². The predicted octanol–water partition coefficient (Wildman–Crippen LogP) is 3.01. The molecule has 0 amide bonds. The van der Waals surface area contributed by atoms with E-state index >= 15 is 0 Å². The van der Waals surface area contributed by atoms with Crippen LogP contribution in [0.2, 0.25) is 0 Å². The molecule has 0 aromatic heterocycles. The smallest absolute Gasteiger partial charge is 0.325 e. The zero-order valence-electron chi connectivity index (χ0n) is 10.3. The quantitative estimate of drug-likeness (QED) is 0.912. The maximum Gasteiger partial charge on any atom is 0.325 e. The van der Waals surface area contributed by atoms with Crippen LogP contribution in [0.25, 0.3) is 0 Å². The maximum absolute atomic E-state index is 12.7. The lowest BCUT2D eigenvalue weighted by Crippen LogP contribution is -2.47. The summed E-state index contributed by atoms with van der Waals surface area (Å²) < 4.78 is 24.4. The molecule has 0 spiro atoms. The summed E-state index contributed by atoms with van der Waals surface area (Å²) in [4.78, 5) is 11.7. The monoisotopic (exact) mass is 346 g/mol. The molecular weight excluding hydrogens is 332 g/mol. The van der Waals surface area contributed by atoms with Gasteiger partial charge in [-0.2, -0.15) is 0 Å². The van der Waals surface area contributed by atoms with Crippen LogP contribution in [0, 0.1) is 0 Å². The van der Waals surface area contributed by atoms with Gasteiger partial charge in [-0.25, -0.2) is 8.42 Å². The molecule has 6 heteroatoms. The molecule has 0 radical (unpaired) electrons. The highest BCUT2D eigenvalue weighted by Crippen LogP contribution is 2.39. The van der Waals surface area contributed by atoms with E-state index in [-0.39, 0.29) is 17.7 Å². The SMILES string of the molecule is O=C(O)C1(S(=O)(=O)c2ccc(Br)cc2)CCCCC1. The second-order valence-electron chi connectivity index (χ2n) is 4.82. The second-order valence-corrected chi connectivity index (χ2v) is 7.99. The molecule has 1 aliphatic rings. The Morgan fingerprint density at radius 3 is 2.11 bits per heavy atom. The number of hydrogen-bond donors (Lipinski definition) is 1. The lowest BCUT2D eigenvalue weighted by molar-refractivity contribution is -0.141. The van der Waals surface area contributed by atoms with Crippen molar-refractivity contribution in [2.24, 2.45) is 0 Å². The second kappa shape index (κ2) is 5.25. The van der Waals surface area contributed by atoms with E-state index in [0.29, 0.717) is 12.8 Å². The summed E-state index contributed by atoms with van der Waals surface area (Å²) in [5.41, 5.74) is 0. The van der Waals surface area contributed by atoms with Crippen molar-refractivity contribution in [3.8, 4) is 0 Å². The number of halogens is 1. The topological polar surface area (TPSA) is 71.4 Å². The Morgan fingerprint density at radius 1 is 1.11 bits per heavy atom. The zero-order valence-corrected chi connectivity index (χ0v) is 12.7. The van der Waals surface area contributed by atoms with Gasteiger partial charge in [-0.3, -0.25) is 4.79 Å². The fourth-order valence-corrected chi connectivity index (χ4v) is 4.83. The van der Waals surface area contributed by atoms with Crippen molar-refractivity contribution in [3.63, 3.8) is 0 Å². The highest BCUT2D eigenvalue weighted by atomic mass is 79.9. The van der Waals surface area contributed by atoms with E-state index in [1.807, 2.05) is 0 Å². The van der Waals surface area contributed by atoms with Crippen LogP contribution in [0.3, 0.4) is 0 Å². The highest BCUT2D eigenvalue weighted by Gasteiger charge is 2.51. The number of rotatable bonds is 3. The third kappa shape index (κ3) is 2.43. The van der Waals surface area contributed by atoms with Gasteiger partial charge >= 0.3 is 5.97 Å². The molecule has 1 fully saturated rings. The van der Waals surface area contributed by atoms with Crippen molar-refractivity contribution >= 4 is 31.7 Å². The van der Waals surface area contributed by atoms with Crippen molar-refractivity contribution in [3.05, 3.63) is 28.7 Å². The van der Waals surface area contributed by atoms with Gasteiger partial charge in [0.1, 0.15) is 0 Å². The van der Waals surface area contributed by atoms with Crippen LogP contribution in [0.1, 0.15) is 32.1 Å². The molecule has 1 N–H and O–H groups in total. The van der Waals surface area contributed by atoms with Gasteiger partial charge in [-0.15, -0.1) is 0 Å². The standard InChI is InChI=1S/C13H15BrO4S/c14-10-4-6-11(7-5-10)19(17,18)13(12(15)16)8-2-1-3-9-13/h4-7H,1-3,8-9H2,(H,15,16). The summed E-state index contributed by atoms with van der Waals surface area (Å²) in [5.74, 6) is -1.23. The van der Waals surface area contributed by atoms with Crippen molar-refractivity contribution in [1.82, 2.24) is 0 Å². The molecule has 0 unspecified atom stereocenters. The lowest BCUT2D eigenvalue weighted by Gasteiger charge is -2.32. The Kier molecular flexibility index (Phi) is 4.01. The van der Waals surface area contributed by atoms with E-state index in [2.05, 4.69) is 15.9 Å². The fourth-order valence-electron chi connectivity index (χ4n) is 2.56. The number of hydrogen-bond acceptors (Lipinski definition) is 3. The lowest BCUT2D eigenvalue weighted by atomic mass is 9.88. The summed E-state index contributed by atoms with van der Waals surface area (Å²) in [6, 6.07) is 6.15. The van der Waals surface area contributed by atoms with E-state index < -0.39 is 20.6 Å². The van der Waals surface area contributed by atoms with Crippen LogP contribution < -0.4 is 0 Å². The molecule has 0 heterocycles. The molecule has 4 nitrogen and oxygen atoms in total. The van der Waals surface area contributed by atoms with Crippen LogP contribution >= 0.6 is 15.9 Å². The van der Waals surface area contributed by atoms with Gasteiger partial charge in [0, 0.05) is 4.47 Å². The minimum Gasteiger partial charge on any atom is -0.480 e. The summed E-state index contributed by atoms with van der Waals surface area (Å²) in [6.45, 7) is 0. The molecule has 1 saturated carbocycles. The molecule has 0 saturated heterocycles. The van der Waals surface area contributed by atoms with E-state index in [4.69, 9.17) is 0 Å². The van der Waals surface area contributed by atoms with E-state index in [9.17, 15) is 18.3 Å². The van der Waals surface area contributed by atoms with Gasteiger partial charge < -0.3 is 5.11 Å². The first kappa shape index (κ1) is 14.5. The third-order valence-electron chi connectivity index (χ3n) is 3.69. The van der Waals surface area contributed by atoms with Gasteiger partial charge in [-0.05, 0) is 37.1 Å². The largest absolute Gasteiger partial charge is 0.480 e. The Bertz CT molecular complexity index is 571. The number of sulfone groups is 1. The molecule has 1 aliphatic carbocycles. The third-order valence-corrected chi connectivity index (χ3v) is 6.72. The Balaban J connectivity index is 2.51. The van der Waals surface area contributed by atoms with Crippen molar-refractivity contribution in [2.75, 3.05) is 0 Å². The molecular formula is C13H15BrO4S. The van der Waals surface area contributed by atoms with Crippen LogP contribution in [0.15, 0.2) is 33.6 Å². The van der Waals surface area contributed by atoms with Crippen LogP contribution in [0.5, 0.6) is 0 Å². The number of aliphatic carboxylic acids is 1. The van der Waals surface area contributed by atoms with E-state index in [0.717, 1.165) is 10.9 Å². The average Bonchev–Trinajstić information content (AvgIpc) is 2.39. The fraction of sp³-hybridized carbons (Fsp3) is 0.462. The zero-order chi connectivity index (χ0) is 14.1. The first-order chi connectivity index (χ1) is 8.90. The van der Waals surface area contributed by atoms with Gasteiger partial charge in [-0.1, -0.05) is 35.2 Å². The molecule has 1 aromatic carbocycles. The Hall–Kier alpha value is -0.880. The summed E-state index contributed by atoms with van der Waals surface area (Å²) >= 11 is 3.24. The normalized spacial score (nSPS) is 19.0. The van der Waals surface area contributed by atoms with Crippen LogP contribution in [-0.2, 0) is 14.6 Å². The van der Waals surface area contributed by atoms with Crippen molar-refractivity contribution in [1.29, 1.82) is 0 Å². The highest BCUT2D eigenvalue weighted by molar-refractivity contribution is 9.10. The van der Waals surface area contributed by atoms with Gasteiger partial charge in [0.05, 0.1) is 4.90 Å². The summed E-state index contributed by atoms with van der Waals surface area (Å²) in [7, 11) is -3.86. The van der Waals surface area contributed by atoms with Crippen LogP contribution in [-0.4, -0.2) is 24.2 Å². The minimum atomic E-state index is -3.86. The number of carboxylic acids is 1. The van der Waals surface area contributed by atoms with E-state index in [1.54, 1.807) is 12.1 Å². The molecule has 0 aliphatic heterocycles. The first-order valence-corrected chi connectivity index (χ1v) is 8.41. The average molecular weight is 347 g/mol. The molecule has 104 valence electrons. The minimum absolute atomic E-state index is 0.0833. The van der Waals surface area contributed by atoms with Crippen LogP contribution in [0.4, 0.5) is 0 Å². The van der Waals surface area contributed by atoms with E-state index in [1.165, 1.54) is 12.1 Å². The molecule has 0 atom stereocenters. The Morgan fingerprint density at radius 2 is 1.63 bits per heavy atom. The molecule has 1 aromatic rings. The summed E-state index contributed by atoms with van der Waals surface area (Å²) in [6.07, 6.45) is 2.57. The summed E-state index contributed by atoms with van der Waals surface area (Å²) in [5, 5.41) is 9.45. The number of benzene rings is 1.